The smallest absolute Gasteiger partial charge is 0.268 e. The number of benzene rings is 1. The molecule has 1 aromatic carbocycles. The normalized spacial score (nSPS) is 11.0. The highest BCUT2D eigenvalue weighted by molar-refractivity contribution is 9.10. The Morgan fingerprint density at radius 3 is 2.76 bits per heavy atom. The minimum atomic E-state index is 0.542. The molecule has 2 aromatic heterocycles. The number of aryl methyl sites for hydroxylation is 1. The van der Waals surface area contributed by atoms with Crippen LogP contribution in [0.15, 0.2) is 44.2 Å². The van der Waals surface area contributed by atoms with Gasteiger partial charge in [0.2, 0.25) is 0 Å². The SMILES string of the molecule is Cc1cc(N)sc1-c1nc(CSc2ccc(Br)cc2)no1. The van der Waals surface area contributed by atoms with Crippen LogP contribution in [0.3, 0.4) is 0 Å². The molecule has 0 atom stereocenters. The van der Waals surface area contributed by atoms with Gasteiger partial charge in [0.15, 0.2) is 5.82 Å². The lowest BCUT2D eigenvalue weighted by Gasteiger charge is -1.97. The van der Waals surface area contributed by atoms with Crippen LogP contribution in [0.1, 0.15) is 11.4 Å². The monoisotopic (exact) mass is 381 g/mol. The third-order valence-corrected chi connectivity index (χ3v) is 5.37. The van der Waals surface area contributed by atoms with Gasteiger partial charge >= 0.3 is 0 Å². The van der Waals surface area contributed by atoms with Crippen molar-refractivity contribution >= 4 is 44.0 Å². The van der Waals surface area contributed by atoms with Gasteiger partial charge in [-0.05, 0) is 42.8 Å². The van der Waals surface area contributed by atoms with Gasteiger partial charge in [-0.15, -0.1) is 23.1 Å². The maximum atomic E-state index is 5.79. The summed E-state index contributed by atoms with van der Waals surface area (Å²) in [7, 11) is 0. The van der Waals surface area contributed by atoms with Crippen molar-refractivity contribution in [3.8, 4) is 10.8 Å². The average Bonchev–Trinajstić information content (AvgIpc) is 3.04. The summed E-state index contributed by atoms with van der Waals surface area (Å²) < 4.78 is 6.39. The number of hydrogen-bond donors (Lipinski definition) is 1. The molecule has 0 fully saturated rings. The fraction of sp³-hybridized carbons (Fsp3) is 0.143. The van der Waals surface area contributed by atoms with E-state index in [1.165, 1.54) is 16.2 Å². The molecule has 0 aliphatic heterocycles. The molecule has 0 aliphatic rings. The molecule has 0 bridgehead atoms. The van der Waals surface area contributed by atoms with Crippen molar-refractivity contribution in [1.29, 1.82) is 0 Å². The first-order valence-electron chi connectivity index (χ1n) is 6.19. The first kappa shape index (κ1) is 14.6. The molecular formula is C14H12BrN3OS2. The summed E-state index contributed by atoms with van der Waals surface area (Å²) in [5.74, 6) is 1.90. The molecule has 7 heteroatoms. The molecule has 0 amide bonds. The summed E-state index contributed by atoms with van der Waals surface area (Å²) in [6, 6.07) is 10.1. The van der Waals surface area contributed by atoms with Crippen LogP contribution in [0.25, 0.3) is 10.8 Å². The van der Waals surface area contributed by atoms with Crippen LogP contribution in [0.5, 0.6) is 0 Å². The first-order chi connectivity index (χ1) is 10.1. The van der Waals surface area contributed by atoms with E-state index >= 15 is 0 Å². The predicted octanol–water partition coefficient (Wildman–Crippen LogP) is 4.74. The summed E-state index contributed by atoms with van der Waals surface area (Å²) in [5, 5.41) is 4.78. The third kappa shape index (κ3) is 3.48. The molecule has 3 aromatic rings. The van der Waals surface area contributed by atoms with Crippen LogP contribution >= 0.6 is 39.0 Å². The zero-order valence-corrected chi connectivity index (χ0v) is 14.4. The minimum absolute atomic E-state index is 0.542. The lowest BCUT2D eigenvalue weighted by atomic mass is 10.3. The Balaban J connectivity index is 1.70. The number of thiophene rings is 1. The summed E-state index contributed by atoms with van der Waals surface area (Å²) in [4.78, 5) is 6.55. The second-order valence-corrected chi connectivity index (χ2v) is 7.47. The van der Waals surface area contributed by atoms with Crippen molar-refractivity contribution in [2.75, 3.05) is 5.73 Å². The maximum absolute atomic E-state index is 5.79. The van der Waals surface area contributed by atoms with Crippen molar-refractivity contribution in [2.24, 2.45) is 0 Å². The van der Waals surface area contributed by atoms with E-state index in [4.69, 9.17) is 10.3 Å². The first-order valence-corrected chi connectivity index (χ1v) is 8.78. The fourth-order valence-electron chi connectivity index (χ4n) is 1.80. The number of halogens is 1. The van der Waals surface area contributed by atoms with Gasteiger partial charge in [-0.25, -0.2) is 0 Å². The van der Waals surface area contributed by atoms with Gasteiger partial charge in [-0.2, -0.15) is 4.98 Å². The number of nitrogen functional groups attached to an aromatic ring is 1. The van der Waals surface area contributed by atoms with Crippen LogP contribution in [0, 0.1) is 6.92 Å². The van der Waals surface area contributed by atoms with Crippen molar-refractivity contribution in [3.05, 3.63) is 46.2 Å². The quantitative estimate of drug-likeness (QED) is 0.660. The van der Waals surface area contributed by atoms with Crippen LogP contribution in [-0.2, 0) is 5.75 Å². The van der Waals surface area contributed by atoms with E-state index in [1.54, 1.807) is 11.8 Å². The van der Waals surface area contributed by atoms with Crippen LogP contribution < -0.4 is 5.73 Å². The molecule has 21 heavy (non-hydrogen) atoms. The number of nitrogens with zero attached hydrogens (tertiary/aromatic N) is 2. The van der Waals surface area contributed by atoms with Crippen molar-refractivity contribution in [2.45, 2.75) is 17.6 Å². The Morgan fingerprint density at radius 2 is 2.10 bits per heavy atom. The van der Waals surface area contributed by atoms with E-state index in [9.17, 15) is 0 Å². The van der Waals surface area contributed by atoms with Crippen LogP contribution in [0.4, 0.5) is 5.00 Å². The topological polar surface area (TPSA) is 64.9 Å². The Labute approximate surface area is 138 Å². The van der Waals surface area contributed by atoms with Gasteiger partial charge in [-0.3, -0.25) is 0 Å². The van der Waals surface area contributed by atoms with Crippen molar-refractivity contribution < 1.29 is 4.52 Å². The van der Waals surface area contributed by atoms with E-state index in [0.717, 1.165) is 19.9 Å². The second-order valence-electron chi connectivity index (χ2n) is 4.42. The third-order valence-electron chi connectivity index (χ3n) is 2.78. The Hall–Kier alpha value is -1.31. The number of hydrogen-bond acceptors (Lipinski definition) is 6. The lowest BCUT2D eigenvalue weighted by Crippen LogP contribution is -1.84. The lowest BCUT2D eigenvalue weighted by molar-refractivity contribution is 0.426. The van der Waals surface area contributed by atoms with Gasteiger partial charge < -0.3 is 10.3 Å². The molecule has 2 heterocycles. The van der Waals surface area contributed by atoms with Gasteiger partial charge in [0.05, 0.1) is 15.6 Å². The standard InChI is InChI=1S/C14H12BrN3OS2/c1-8-6-11(16)21-13(8)14-17-12(18-19-14)7-20-10-4-2-9(15)3-5-10/h2-6H,7,16H2,1H3. The zero-order valence-electron chi connectivity index (χ0n) is 11.2. The highest BCUT2D eigenvalue weighted by Crippen LogP contribution is 2.33. The zero-order chi connectivity index (χ0) is 14.8. The Bertz CT molecular complexity index is 752. The molecule has 3 rings (SSSR count). The van der Waals surface area contributed by atoms with Crippen LogP contribution in [-0.4, -0.2) is 10.1 Å². The van der Waals surface area contributed by atoms with E-state index in [0.29, 0.717) is 17.5 Å². The number of rotatable bonds is 4. The van der Waals surface area contributed by atoms with Gasteiger partial charge in [-0.1, -0.05) is 21.1 Å². The number of nitrogens with two attached hydrogens (primary N) is 1. The summed E-state index contributed by atoms with van der Waals surface area (Å²) in [6.45, 7) is 1.99. The molecule has 0 radical (unpaired) electrons. The van der Waals surface area contributed by atoms with E-state index in [1.807, 2.05) is 25.1 Å². The Kier molecular flexibility index (Phi) is 4.32. The second kappa shape index (κ2) is 6.21. The molecule has 0 unspecified atom stereocenters. The molecule has 4 nitrogen and oxygen atoms in total. The molecule has 108 valence electrons. The molecule has 0 aliphatic carbocycles. The summed E-state index contributed by atoms with van der Waals surface area (Å²) >= 11 is 6.56. The number of thioether (sulfide) groups is 1. The Morgan fingerprint density at radius 1 is 1.33 bits per heavy atom. The number of anilines is 1. The predicted molar refractivity (Wildman–Crippen MR) is 90.5 cm³/mol. The highest BCUT2D eigenvalue weighted by atomic mass is 79.9. The molecule has 0 saturated carbocycles. The fourth-order valence-corrected chi connectivity index (χ4v) is 3.67. The van der Waals surface area contributed by atoms with E-state index in [2.05, 4.69) is 38.2 Å². The molecule has 0 spiro atoms. The van der Waals surface area contributed by atoms with Crippen LogP contribution in [0.2, 0.25) is 0 Å². The highest BCUT2D eigenvalue weighted by Gasteiger charge is 2.14. The summed E-state index contributed by atoms with van der Waals surface area (Å²) in [6.07, 6.45) is 0. The van der Waals surface area contributed by atoms with Crippen molar-refractivity contribution in [1.82, 2.24) is 10.1 Å². The van der Waals surface area contributed by atoms with E-state index < -0.39 is 0 Å². The van der Waals surface area contributed by atoms with Gasteiger partial charge in [0, 0.05) is 9.37 Å². The van der Waals surface area contributed by atoms with E-state index in [-0.39, 0.29) is 0 Å². The largest absolute Gasteiger partial charge is 0.391 e. The van der Waals surface area contributed by atoms with Gasteiger partial charge in [0.1, 0.15) is 0 Å². The van der Waals surface area contributed by atoms with Gasteiger partial charge in [0.25, 0.3) is 5.89 Å². The molecule has 0 saturated heterocycles. The molecular weight excluding hydrogens is 370 g/mol. The van der Waals surface area contributed by atoms with Crippen molar-refractivity contribution in [3.63, 3.8) is 0 Å². The number of aromatic nitrogens is 2. The summed E-state index contributed by atoms with van der Waals surface area (Å²) in [5.41, 5.74) is 6.85. The minimum Gasteiger partial charge on any atom is -0.391 e. The molecule has 2 N–H and O–H groups in total. The maximum Gasteiger partial charge on any atom is 0.268 e. The average molecular weight is 382 g/mol.